The van der Waals surface area contributed by atoms with Crippen molar-refractivity contribution in [2.75, 3.05) is 0 Å². The van der Waals surface area contributed by atoms with E-state index in [4.69, 9.17) is 5.73 Å². The first-order valence-corrected chi connectivity index (χ1v) is 7.58. The fourth-order valence-corrected chi connectivity index (χ4v) is 2.75. The van der Waals surface area contributed by atoms with Gasteiger partial charge in [0.05, 0.1) is 6.04 Å². The maximum Gasteiger partial charge on any atom is 0.237 e. The summed E-state index contributed by atoms with van der Waals surface area (Å²) in [6, 6.07) is 7.70. The van der Waals surface area contributed by atoms with Crippen molar-refractivity contribution in [2.24, 2.45) is 11.7 Å². The lowest BCUT2D eigenvalue weighted by molar-refractivity contribution is -0.123. The van der Waals surface area contributed by atoms with Gasteiger partial charge < -0.3 is 16.0 Å². The average molecular weight is 287 g/mol. The maximum atomic E-state index is 12.2. The van der Waals surface area contributed by atoms with Gasteiger partial charge in [0.15, 0.2) is 0 Å². The van der Waals surface area contributed by atoms with Crippen LogP contribution in [0.4, 0.5) is 0 Å². The third-order valence-corrected chi connectivity index (χ3v) is 3.67. The van der Waals surface area contributed by atoms with Crippen LogP contribution in [0.1, 0.15) is 32.8 Å². The summed E-state index contributed by atoms with van der Waals surface area (Å²) < 4.78 is 0. The molecule has 0 radical (unpaired) electrons. The Bertz CT molecular complexity index is 603. The molecule has 4 nitrogen and oxygen atoms in total. The molecule has 0 bridgehead atoms. The van der Waals surface area contributed by atoms with Crippen LogP contribution in [0.15, 0.2) is 30.5 Å². The number of hydrogen-bond acceptors (Lipinski definition) is 2. The van der Waals surface area contributed by atoms with Crippen molar-refractivity contribution in [3.8, 4) is 0 Å². The second-order valence-corrected chi connectivity index (χ2v) is 6.21. The number of benzene rings is 1. The number of rotatable bonds is 6. The first-order chi connectivity index (χ1) is 9.97. The molecule has 0 aliphatic heterocycles. The van der Waals surface area contributed by atoms with Crippen LogP contribution in [-0.2, 0) is 11.2 Å². The third kappa shape index (κ3) is 4.08. The van der Waals surface area contributed by atoms with Crippen molar-refractivity contribution in [3.63, 3.8) is 0 Å². The predicted octanol–water partition coefficient (Wildman–Crippen LogP) is 2.59. The summed E-state index contributed by atoms with van der Waals surface area (Å²) in [4.78, 5) is 15.4. The number of amides is 1. The molecule has 4 heteroatoms. The number of fused-ring (bicyclic) bond motifs is 1. The van der Waals surface area contributed by atoms with Crippen LogP contribution in [0.5, 0.6) is 0 Å². The molecule has 1 heterocycles. The lowest BCUT2D eigenvalue weighted by Crippen LogP contribution is -2.45. The Morgan fingerprint density at radius 2 is 2.00 bits per heavy atom. The predicted molar refractivity (Wildman–Crippen MR) is 87.0 cm³/mol. The first-order valence-electron chi connectivity index (χ1n) is 7.58. The molecular formula is C17H25N3O. The molecule has 1 unspecified atom stereocenters. The van der Waals surface area contributed by atoms with Gasteiger partial charge in [0.1, 0.15) is 0 Å². The van der Waals surface area contributed by atoms with E-state index in [1.54, 1.807) is 0 Å². The topological polar surface area (TPSA) is 70.9 Å². The molecular weight excluding hydrogens is 262 g/mol. The smallest absolute Gasteiger partial charge is 0.237 e. The fraction of sp³-hybridized carbons (Fsp3) is 0.471. The number of nitrogens with one attached hydrogen (secondary N) is 2. The molecule has 1 amide bonds. The average Bonchev–Trinajstić information content (AvgIpc) is 2.81. The summed E-state index contributed by atoms with van der Waals surface area (Å²) in [7, 11) is 0. The van der Waals surface area contributed by atoms with Crippen molar-refractivity contribution in [1.82, 2.24) is 10.3 Å². The van der Waals surface area contributed by atoms with Crippen molar-refractivity contribution < 1.29 is 4.79 Å². The summed E-state index contributed by atoms with van der Waals surface area (Å²) >= 11 is 0. The van der Waals surface area contributed by atoms with E-state index in [1.807, 2.05) is 37.4 Å². The normalized spacial score (nSPS) is 14.3. The van der Waals surface area contributed by atoms with E-state index in [1.165, 1.54) is 0 Å². The highest BCUT2D eigenvalue weighted by Crippen LogP contribution is 2.18. The summed E-state index contributed by atoms with van der Waals surface area (Å²) in [5.41, 5.74) is 8.22. The summed E-state index contributed by atoms with van der Waals surface area (Å²) in [6.45, 7) is 6.32. The van der Waals surface area contributed by atoms with Crippen molar-refractivity contribution in [3.05, 3.63) is 36.0 Å². The van der Waals surface area contributed by atoms with E-state index in [0.29, 0.717) is 12.3 Å². The van der Waals surface area contributed by atoms with Crippen LogP contribution in [0.3, 0.4) is 0 Å². The molecule has 0 aliphatic rings. The molecule has 1 aromatic heterocycles. The van der Waals surface area contributed by atoms with Gasteiger partial charge >= 0.3 is 0 Å². The number of carbonyl (C=O) groups excluding carboxylic acids is 1. The molecule has 2 atom stereocenters. The maximum absolute atomic E-state index is 12.2. The van der Waals surface area contributed by atoms with Gasteiger partial charge in [-0.05, 0) is 37.3 Å². The van der Waals surface area contributed by atoms with Crippen LogP contribution >= 0.6 is 0 Å². The highest BCUT2D eigenvalue weighted by atomic mass is 16.2. The van der Waals surface area contributed by atoms with E-state index in [-0.39, 0.29) is 11.9 Å². The van der Waals surface area contributed by atoms with E-state index in [0.717, 1.165) is 22.9 Å². The van der Waals surface area contributed by atoms with Crippen molar-refractivity contribution in [2.45, 2.75) is 45.7 Å². The van der Waals surface area contributed by atoms with E-state index >= 15 is 0 Å². The van der Waals surface area contributed by atoms with Gasteiger partial charge in [-0.2, -0.15) is 0 Å². The summed E-state index contributed by atoms with van der Waals surface area (Å²) in [5, 5.41) is 4.13. The highest BCUT2D eigenvalue weighted by Gasteiger charge is 2.18. The van der Waals surface area contributed by atoms with Gasteiger partial charge in [-0.25, -0.2) is 0 Å². The second-order valence-electron chi connectivity index (χ2n) is 6.21. The molecule has 0 spiro atoms. The van der Waals surface area contributed by atoms with Crippen LogP contribution in [0.25, 0.3) is 10.9 Å². The molecule has 1 aromatic carbocycles. The van der Waals surface area contributed by atoms with Gasteiger partial charge in [0.2, 0.25) is 5.91 Å². The van der Waals surface area contributed by atoms with Gasteiger partial charge in [-0.15, -0.1) is 0 Å². The van der Waals surface area contributed by atoms with Crippen LogP contribution in [0, 0.1) is 5.92 Å². The Hall–Kier alpha value is -1.81. The fourth-order valence-electron chi connectivity index (χ4n) is 2.75. The minimum atomic E-state index is -0.515. The van der Waals surface area contributed by atoms with Crippen LogP contribution in [-0.4, -0.2) is 23.0 Å². The Morgan fingerprint density at radius 3 is 2.71 bits per heavy atom. The number of H-pyrrole nitrogens is 1. The number of carbonyl (C=O) groups is 1. The zero-order chi connectivity index (χ0) is 15.4. The largest absolute Gasteiger partial charge is 0.361 e. The molecule has 21 heavy (non-hydrogen) atoms. The molecule has 0 aliphatic carbocycles. The Kier molecular flexibility index (Phi) is 5.02. The zero-order valence-electron chi connectivity index (χ0n) is 13.0. The third-order valence-electron chi connectivity index (χ3n) is 3.67. The monoisotopic (exact) mass is 287 g/mol. The lowest BCUT2D eigenvalue weighted by Gasteiger charge is -2.19. The quantitative estimate of drug-likeness (QED) is 0.764. The molecule has 114 valence electrons. The van der Waals surface area contributed by atoms with Crippen molar-refractivity contribution >= 4 is 16.8 Å². The van der Waals surface area contributed by atoms with Gasteiger partial charge in [0.25, 0.3) is 0 Å². The molecule has 2 aromatic rings. The number of para-hydroxylation sites is 1. The molecule has 0 saturated carbocycles. The van der Waals surface area contributed by atoms with Gasteiger partial charge in [-0.1, -0.05) is 32.0 Å². The second kappa shape index (κ2) is 6.76. The molecule has 2 rings (SSSR count). The van der Waals surface area contributed by atoms with Crippen LogP contribution < -0.4 is 11.1 Å². The number of aromatic amines is 1. The Labute approximate surface area is 126 Å². The minimum absolute atomic E-state index is 0.0755. The highest BCUT2D eigenvalue weighted by molar-refractivity contribution is 5.86. The lowest BCUT2D eigenvalue weighted by atomic mass is 10.0. The molecule has 4 N–H and O–H groups in total. The molecule has 0 saturated heterocycles. The SMILES string of the molecule is CC(C)CC(C)NC(=O)[C@@H](N)Cc1c[nH]c2ccccc12. The van der Waals surface area contributed by atoms with E-state index in [2.05, 4.69) is 24.1 Å². The van der Waals surface area contributed by atoms with Crippen LogP contribution in [0.2, 0.25) is 0 Å². The van der Waals surface area contributed by atoms with Crippen molar-refractivity contribution in [1.29, 1.82) is 0 Å². The van der Waals surface area contributed by atoms with E-state index in [9.17, 15) is 4.79 Å². The zero-order valence-corrected chi connectivity index (χ0v) is 13.0. The number of hydrogen-bond donors (Lipinski definition) is 3. The van der Waals surface area contributed by atoms with E-state index < -0.39 is 6.04 Å². The summed E-state index contributed by atoms with van der Waals surface area (Å²) in [6.07, 6.45) is 3.45. The number of nitrogens with two attached hydrogens (primary N) is 1. The summed E-state index contributed by atoms with van der Waals surface area (Å²) in [5.74, 6) is 0.485. The number of aromatic nitrogens is 1. The Morgan fingerprint density at radius 1 is 1.29 bits per heavy atom. The minimum Gasteiger partial charge on any atom is -0.361 e. The molecule has 0 fully saturated rings. The first kappa shape index (κ1) is 15.6. The van der Waals surface area contributed by atoms with Gasteiger partial charge in [-0.3, -0.25) is 4.79 Å². The Balaban J connectivity index is 1.97. The van der Waals surface area contributed by atoms with Gasteiger partial charge in [0, 0.05) is 23.1 Å². The standard InChI is InChI=1S/C17H25N3O/c1-11(2)8-12(3)20-17(21)15(18)9-13-10-19-16-7-5-4-6-14(13)16/h4-7,10-12,15,19H,8-9,18H2,1-3H3,(H,20,21)/t12?,15-/m0/s1.